The molecule has 4 heteroatoms. The number of thiophene rings is 1. The Bertz CT molecular complexity index is 405. The maximum Gasteiger partial charge on any atom is 0.151 e. The zero-order valence-electron chi connectivity index (χ0n) is 7.50. The van der Waals surface area contributed by atoms with E-state index in [1.54, 1.807) is 18.4 Å². The maximum absolute atomic E-state index is 5.20. The first kappa shape index (κ1) is 8.31. The molecule has 0 radical (unpaired) electrons. The van der Waals surface area contributed by atoms with E-state index in [-0.39, 0.29) is 0 Å². The molecule has 0 atom stereocenters. The van der Waals surface area contributed by atoms with Crippen LogP contribution in [0.1, 0.15) is 5.69 Å². The zero-order valence-corrected chi connectivity index (χ0v) is 8.31. The average molecular weight is 194 g/mol. The van der Waals surface area contributed by atoms with Gasteiger partial charge < -0.3 is 9.72 Å². The van der Waals surface area contributed by atoms with Crippen molar-refractivity contribution in [1.82, 2.24) is 9.97 Å². The van der Waals surface area contributed by atoms with Crippen LogP contribution >= 0.6 is 11.3 Å². The molecule has 68 valence electrons. The van der Waals surface area contributed by atoms with Gasteiger partial charge >= 0.3 is 0 Å². The Morgan fingerprint density at radius 3 is 3.00 bits per heavy atom. The number of ether oxygens (including phenoxy) is 1. The molecule has 0 amide bonds. The van der Waals surface area contributed by atoms with Crippen molar-refractivity contribution in [3.05, 3.63) is 23.3 Å². The van der Waals surface area contributed by atoms with Crippen molar-refractivity contribution in [2.75, 3.05) is 7.11 Å². The predicted molar refractivity (Wildman–Crippen MR) is 53.2 cm³/mol. The zero-order chi connectivity index (χ0) is 9.26. The van der Waals surface area contributed by atoms with Gasteiger partial charge in [-0.05, 0) is 18.4 Å². The fourth-order valence-corrected chi connectivity index (χ4v) is 1.97. The average Bonchev–Trinajstić information content (AvgIpc) is 2.71. The van der Waals surface area contributed by atoms with Crippen LogP contribution in [0, 0.1) is 6.92 Å². The van der Waals surface area contributed by atoms with Gasteiger partial charge in [-0.2, -0.15) is 0 Å². The van der Waals surface area contributed by atoms with E-state index in [1.807, 2.05) is 24.6 Å². The van der Waals surface area contributed by atoms with E-state index in [9.17, 15) is 0 Å². The minimum atomic E-state index is 0.874. The molecule has 2 heterocycles. The van der Waals surface area contributed by atoms with Crippen LogP contribution < -0.4 is 4.74 Å². The second kappa shape index (κ2) is 3.22. The van der Waals surface area contributed by atoms with Gasteiger partial charge in [-0.25, -0.2) is 4.98 Å². The van der Waals surface area contributed by atoms with Gasteiger partial charge in [-0.1, -0.05) is 0 Å². The molecule has 0 saturated heterocycles. The number of nitrogens with one attached hydrogen (secondary N) is 1. The highest BCUT2D eigenvalue weighted by Crippen LogP contribution is 2.32. The summed E-state index contributed by atoms with van der Waals surface area (Å²) in [5, 5.41) is 1.99. The summed E-state index contributed by atoms with van der Waals surface area (Å²) >= 11 is 1.62. The molecule has 0 saturated carbocycles. The van der Waals surface area contributed by atoms with Gasteiger partial charge in [0.15, 0.2) is 5.82 Å². The minimum absolute atomic E-state index is 0.874. The second-order valence-electron chi connectivity index (χ2n) is 2.73. The summed E-state index contributed by atoms with van der Waals surface area (Å²) in [6.45, 7) is 1.98. The molecule has 0 unspecified atom stereocenters. The van der Waals surface area contributed by atoms with E-state index >= 15 is 0 Å². The summed E-state index contributed by atoms with van der Waals surface area (Å²) < 4.78 is 5.20. The van der Waals surface area contributed by atoms with Crippen LogP contribution in [-0.4, -0.2) is 17.1 Å². The fourth-order valence-electron chi connectivity index (χ4n) is 1.16. The van der Waals surface area contributed by atoms with E-state index in [4.69, 9.17) is 4.74 Å². The molecule has 2 aromatic rings. The van der Waals surface area contributed by atoms with Crippen molar-refractivity contribution in [3.8, 4) is 16.5 Å². The summed E-state index contributed by atoms with van der Waals surface area (Å²) in [5.74, 6) is 1.75. The van der Waals surface area contributed by atoms with Crippen molar-refractivity contribution in [1.29, 1.82) is 0 Å². The van der Waals surface area contributed by atoms with Crippen molar-refractivity contribution >= 4 is 11.3 Å². The van der Waals surface area contributed by atoms with Crippen molar-refractivity contribution in [2.45, 2.75) is 6.92 Å². The van der Waals surface area contributed by atoms with Crippen LogP contribution in [0.5, 0.6) is 5.75 Å². The molecule has 0 bridgehead atoms. The van der Waals surface area contributed by atoms with E-state index in [1.165, 1.54) is 0 Å². The maximum atomic E-state index is 5.20. The molecule has 0 aromatic carbocycles. The van der Waals surface area contributed by atoms with Crippen LogP contribution in [-0.2, 0) is 0 Å². The largest absolute Gasteiger partial charge is 0.495 e. The number of aromatic amines is 1. The third-order valence-electron chi connectivity index (χ3n) is 1.77. The lowest BCUT2D eigenvalue weighted by Gasteiger charge is -1.97. The third-order valence-corrected chi connectivity index (χ3v) is 2.67. The van der Waals surface area contributed by atoms with Gasteiger partial charge in [-0.15, -0.1) is 11.3 Å². The first-order valence-corrected chi connectivity index (χ1v) is 4.82. The topological polar surface area (TPSA) is 37.9 Å². The van der Waals surface area contributed by atoms with Gasteiger partial charge in [0.25, 0.3) is 0 Å². The molecule has 13 heavy (non-hydrogen) atoms. The molecule has 2 aromatic heterocycles. The summed E-state index contributed by atoms with van der Waals surface area (Å²) in [7, 11) is 1.67. The molecular formula is C9H10N2OS. The van der Waals surface area contributed by atoms with Gasteiger partial charge in [0.1, 0.15) is 10.6 Å². The number of methoxy groups -OCH3 is 1. The molecule has 0 fully saturated rings. The quantitative estimate of drug-likeness (QED) is 0.797. The number of rotatable bonds is 2. The van der Waals surface area contributed by atoms with Crippen LogP contribution in [0.4, 0.5) is 0 Å². The molecule has 1 N–H and O–H groups in total. The Labute approximate surface area is 80.4 Å². The highest BCUT2D eigenvalue weighted by molar-refractivity contribution is 7.13. The Hall–Kier alpha value is -1.29. The van der Waals surface area contributed by atoms with Crippen LogP contribution in [0.2, 0.25) is 0 Å². The summed E-state index contributed by atoms with van der Waals surface area (Å²) in [6, 6.07) is 1.94. The van der Waals surface area contributed by atoms with Gasteiger partial charge in [0.05, 0.1) is 7.11 Å². The van der Waals surface area contributed by atoms with Crippen LogP contribution in [0.15, 0.2) is 17.6 Å². The lowest BCUT2D eigenvalue weighted by molar-refractivity contribution is 0.418. The first-order valence-electron chi connectivity index (χ1n) is 3.94. The second-order valence-corrected chi connectivity index (χ2v) is 3.65. The Kier molecular flexibility index (Phi) is 2.06. The van der Waals surface area contributed by atoms with Crippen molar-refractivity contribution < 1.29 is 4.74 Å². The van der Waals surface area contributed by atoms with E-state index in [0.29, 0.717) is 0 Å². The first-order chi connectivity index (χ1) is 6.31. The lowest BCUT2D eigenvalue weighted by atomic mass is 10.4. The van der Waals surface area contributed by atoms with Crippen molar-refractivity contribution in [3.63, 3.8) is 0 Å². The minimum Gasteiger partial charge on any atom is -0.495 e. The molecule has 0 spiro atoms. The SMILES string of the molecule is COc1ccsc1-c1ncc(C)[nH]1. The molecule has 2 rings (SSSR count). The highest BCUT2D eigenvalue weighted by atomic mass is 32.1. The number of H-pyrrole nitrogens is 1. The van der Waals surface area contributed by atoms with E-state index in [2.05, 4.69) is 9.97 Å². The number of nitrogens with zero attached hydrogens (tertiary/aromatic N) is 1. The molecule has 3 nitrogen and oxygen atoms in total. The highest BCUT2D eigenvalue weighted by Gasteiger charge is 2.09. The van der Waals surface area contributed by atoms with E-state index < -0.39 is 0 Å². The third kappa shape index (κ3) is 1.45. The molecular weight excluding hydrogens is 184 g/mol. The number of hydrogen-bond acceptors (Lipinski definition) is 3. The fraction of sp³-hybridized carbons (Fsp3) is 0.222. The molecule has 0 aliphatic heterocycles. The van der Waals surface area contributed by atoms with Crippen LogP contribution in [0.3, 0.4) is 0 Å². The standard InChI is InChI=1S/C9H10N2OS/c1-6-5-10-9(11-6)8-7(12-2)3-4-13-8/h3-5H,1-2H3,(H,10,11). The summed E-state index contributed by atoms with van der Waals surface area (Å²) in [4.78, 5) is 8.47. The number of imidazole rings is 1. The number of aromatic nitrogens is 2. The monoisotopic (exact) mass is 194 g/mol. The van der Waals surface area contributed by atoms with Gasteiger partial charge in [-0.3, -0.25) is 0 Å². The van der Waals surface area contributed by atoms with Gasteiger partial charge in [0, 0.05) is 11.9 Å². The normalized spacial score (nSPS) is 10.3. The van der Waals surface area contributed by atoms with Crippen LogP contribution in [0.25, 0.3) is 10.7 Å². The smallest absolute Gasteiger partial charge is 0.151 e. The molecule has 0 aliphatic rings. The lowest BCUT2D eigenvalue weighted by Crippen LogP contribution is -1.83. The van der Waals surface area contributed by atoms with Crippen molar-refractivity contribution in [2.24, 2.45) is 0 Å². The van der Waals surface area contributed by atoms with Gasteiger partial charge in [0.2, 0.25) is 0 Å². The Morgan fingerprint density at radius 1 is 1.54 bits per heavy atom. The number of aryl methyl sites for hydroxylation is 1. The van der Waals surface area contributed by atoms with E-state index in [0.717, 1.165) is 22.1 Å². The number of hydrogen-bond donors (Lipinski definition) is 1. The predicted octanol–water partition coefficient (Wildman–Crippen LogP) is 2.46. The Balaban J connectivity index is 2.45. The Morgan fingerprint density at radius 2 is 2.38 bits per heavy atom. The summed E-state index contributed by atoms with van der Waals surface area (Å²) in [6.07, 6.45) is 1.81. The summed E-state index contributed by atoms with van der Waals surface area (Å²) in [5.41, 5.74) is 1.06. The molecule has 0 aliphatic carbocycles.